The van der Waals surface area contributed by atoms with E-state index in [0.29, 0.717) is 6.04 Å². The number of hydrogen-bond donors (Lipinski definition) is 1. The fourth-order valence-electron chi connectivity index (χ4n) is 2.11. The summed E-state index contributed by atoms with van der Waals surface area (Å²) in [6.07, 6.45) is 0.831. The molecule has 2 atom stereocenters. The first-order chi connectivity index (χ1) is 6.97. The number of alkyl halides is 3. The van der Waals surface area contributed by atoms with Crippen LogP contribution in [-0.2, 0) is 0 Å². The molecule has 1 rings (SSSR count). The summed E-state index contributed by atoms with van der Waals surface area (Å²) >= 11 is 0. The lowest BCUT2D eigenvalue weighted by Gasteiger charge is -2.16. The average molecular weight is 223 g/mol. The summed E-state index contributed by atoms with van der Waals surface area (Å²) in [5.41, 5.74) is 0. The largest absolute Gasteiger partial charge is 0.390 e. The van der Waals surface area contributed by atoms with E-state index in [1.807, 2.05) is 0 Å². The molecule has 0 aliphatic heterocycles. The average Bonchev–Trinajstić information content (AvgIpc) is 2.29. The van der Waals surface area contributed by atoms with E-state index in [9.17, 15) is 13.2 Å². The van der Waals surface area contributed by atoms with E-state index in [1.54, 1.807) is 0 Å². The van der Waals surface area contributed by atoms with Crippen molar-refractivity contribution in [2.24, 2.45) is 5.92 Å². The Bertz CT molecular complexity index is 179. The maximum Gasteiger partial charge on any atom is 0.390 e. The highest BCUT2D eigenvalue weighted by atomic mass is 19.4. The standard InChI is InChI=1S/C11H20F3N/c1-9-3-2-4-10(6-5-9)15-8-7-11(12,13)14/h9-10,15H,2-8H2,1H3. The highest BCUT2D eigenvalue weighted by Crippen LogP contribution is 2.23. The molecule has 0 amide bonds. The minimum Gasteiger partial charge on any atom is -0.314 e. The van der Waals surface area contributed by atoms with Crippen molar-refractivity contribution in [1.29, 1.82) is 0 Å². The van der Waals surface area contributed by atoms with Crippen LogP contribution < -0.4 is 5.32 Å². The molecule has 1 nitrogen and oxygen atoms in total. The molecular formula is C11H20F3N. The van der Waals surface area contributed by atoms with Crippen molar-refractivity contribution in [3.63, 3.8) is 0 Å². The lowest BCUT2D eigenvalue weighted by molar-refractivity contribution is -0.133. The number of halogens is 3. The van der Waals surface area contributed by atoms with Gasteiger partial charge in [-0.3, -0.25) is 0 Å². The van der Waals surface area contributed by atoms with Crippen molar-refractivity contribution < 1.29 is 13.2 Å². The minimum absolute atomic E-state index is 0.0720. The third-order valence-corrected chi connectivity index (χ3v) is 3.10. The third kappa shape index (κ3) is 6.03. The van der Waals surface area contributed by atoms with Gasteiger partial charge in [-0.05, 0) is 25.2 Å². The second-order valence-corrected chi connectivity index (χ2v) is 4.63. The molecule has 1 saturated carbocycles. The van der Waals surface area contributed by atoms with Crippen LogP contribution in [0, 0.1) is 5.92 Å². The van der Waals surface area contributed by atoms with Gasteiger partial charge in [0, 0.05) is 12.6 Å². The van der Waals surface area contributed by atoms with Crippen molar-refractivity contribution in [1.82, 2.24) is 5.32 Å². The molecule has 1 fully saturated rings. The number of rotatable bonds is 3. The molecule has 0 bridgehead atoms. The first kappa shape index (κ1) is 12.8. The molecule has 2 unspecified atom stereocenters. The van der Waals surface area contributed by atoms with Gasteiger partial charge in [-0.15, -0.1) is 0 Å². The second-order valence-electron chi connectivity index (χ2n) is 4.63. The van der Waals surface area contributed by atoms with Crippen LogP contribution in [0.4, 0.5) is 13.2 Å². The molecule has 0 aromatic heterocycles. The van der Waals surface area contributed by atoms with Crippen LogP contribution in [-0.4, -0.2) is 18.8 Å². The zero-order valence-electron chi connectivity index (χ0n) is 9.24. The molecule has 90 valence electrons. The summed E-state index contributed by atoms with van der Waals surface area (Å²) < 4.78 is 35.7. The Hall–Kier alpha value is -0.250. The molecule has 0 heterocycles. The molecule has 4 heteroatoms. The van der Waals surface area contributed by atoms with Gasteiger partial charge < -0.3 is 5.32 Å². The molecule has 1 N–H and O–H groups in total. The molecule has 15 heavy (non-hydrogen) atoms. The van der Waals surface area contributed by atoms with E-state index in [2.05, 4.69) is 12.2 Å². The van der Waals surface area contributed by atoms with Crippen molar-refractivity contribution in [3.8, 4) is 0 Å². The lowest BCUT2D eigenvalue weighted by atomic mass is 10.0. The topological polar surface area (TPSA) is 12.0 Å². The maximum absolute atomic E-state index is 11.9. The quantitative estimate of drug-likeness (QED) is 0.722. The molecule has 0 radical (unpaired) electrons. The van der Waals surface area contributed by atoms with Crippen LogP contribution in [0.3, 0.4) is 0 Å². The molecule has 0 spiro atoms. The van der Waals surface area contributed by atoms with Gasteiger partial charge in [0.05, 0.1) is 6.42 Å². The molecular weight excluding hydrogens is 203 g/mol. The van der Waals surface area contributed by atoms with Crippen LogP contribution in [0.25, 0.3) is 0 Å². The summed E-state index contributed by atoms with van der Waals surface area (Å²) in [6, 6.07) is 0.303. The molecule has 0 aromatic rings. The van der Waals surface area contributed by atoms with Crippen LogP contribution in [0.2, 0.25) is 0 Å². The van der Waals surface area contributed by atoms with Gasteiger partial charge in [-0.1, -0.05) is 19.8 Å². The second kappa shape index (κ2) is 5.73. The van der Waals surface area contributed by atoms with Gasteiger partial charge in [0.25, 0.3) is 0 Å². The van der Waals surface area contributed by atoms with Crippen molar-refractivity contribution in [2.45, 2.75) is 57.7 Å². The predicted octanol–water partition coefficient (Wildman–Crippen LogP) is 3.50. The smallest absolute Gasteiger partial charge is 0.314 e. The molecule has 1 aliphatic rings. The van der Waals surface area contributed by atoms with E-state index in [1.165, 1.54) is 6.42 Å². The van der Waals surface area contributed by atoms with Crippen molar-refractivity contribution in [2.75, 3.05) is 6.54 Å². The van der Waals surface area contributed by atoms with Crippen molar-refractivity contribution in [3.05, 3.63) is 0 Å². The van der Waals surface area contributed by atoms with E-state index in [0.717, 1.165) is 31.6 Å². The molecule has 0 aromatic carbocycles. The Kier molecular flexibility index (Phi) is 4.90. The fraction of sp³-hybridized carbons (Fsp3) is 1.00. The van der Waals surface area contributed by atoms with Crippen LogP contribution >= 0.6 is 0 Å². The Morgan fingerprint density at radius 1 is 1.13 bits per heavy atom. The van der Waals surface area contributed by atoms with Crippen LogP contribution in [0.1, 0.15) is 45.4 Å². The van der Waals surface area contributed by atoms with E-state index in [-0.39, 0.29) is 6.54 Å². The zero-order chi connectivity index (χ0) is 11.3. The Morgan fingerprint density at radius 2 is 1.87 bits per heavy atom. The Morgan fingerprint density at radius 3 is 2.53 bits per heavy atom. The first-order valence-corrected chi connectivity index (χ1v) is 5.77. The van der Waals surface area contributed by atoms with Gasteiger partial charge in [0.1, 0.15) is 0 Å². The highest BCUT2D eigenvalue weighted by Gasteiger charge is 2.26. The molecule has 1 aliphatic carbocycles. The number of nitrogens with one attached hydrogen (secondary N) is 1. The Labute approximate surface area is 89.4 Å². The maximum atomic E-state index is 11.9. The van der Waals surface area contributed by atoms with Gasteiger partial charge in [0.2, 0.25) is 0 Å². The summed E-state index contributed by atoms with van der Waals surface area (Å²) in [5, 5.41) is 3.02. The summed E-state index contributed by atoms with van der Waals surface area (Å²) in [5.74, 6) is 0.736. The van der Waals surface area contributed by atoms with E-state index < -0.39 is 12.6 Å². The lowest BCUT2D eigenvalue weighted by Crippen LogP contribution is -2.31. The molecule has 0 saturated heterocycles. The summed E-state index contributed by atoms with van der Waals surface area (Å²) in [6.45, 7) is 2.29. The SMILES string of the molecule is CC1CCCC(NCCC(F)(F)F)CC1. The zero-order valence-corrected chi connectivity index (χ0v) is 9.24. The third-order valence-electron chi connectivity index (χ3n) is 3.10. The van der Waals surface area contributed by atoms with Crippen LogP contribution in [0.5, 0.6) is 0 Å². The van der Waals surface area contributed by atoms with Crippen molar-refractivity contribution >= 4 is 0 Å². The highest BCUT2D eigenvalue weighted by molar-refractivity contribution is 4.73. The normalized spacial score (nSPS) is 28.8. The summed E-state index contributed by atoms with van der Waals surface area (Å²) in [7, 11) is 0. The first-order valence-electron chi connectivity index (χ1n) is 5.77. The van der Waals surface area contributed by atoms with E-state index in [4.69, 9.17) is 0 Å². The Balaban J connectivity index is 2.15. The van der Waals surface area contributed by atoms with Crippen LogP contribution in [0.15, 0.2) is 0 Å². The fourth-order valence-corrected chi connectivity index (χ4v) is 2.11. The number of hydrogen-bond acceptors (Lipinski definition) is 1. The van der Waals surface area contributed by atoms with Gasteiger partial charge in [-0.25, -0.2) is 0 Å². The minimum atomic E-state index is -4.02. The summed E-state index contributed by atoms with van der Waals surface area (Å²) in [4.78, 5) is 0. The monoisotopic (exact) mass is 223 g/mol. The van der Waals surface area contributed by atoms with Gasteiger partial charge >= 0.3 is 6.18 Å². The van der Waals surface area contributed by atoms with Gasteiger partial charge in [-0.2, -0.15) is 13.2 Å². The van der Waals surface area contributed by atoms with E-state index >= 15 is 0 Å². The van der Waals surface area contributed by atoms with Gasteiger partial charge in [0.15, 0.2) is 0 Å². The predicted molar refractivity (Wildman–Crippen MR) is 54.7 cm³/mol.